The number of aryl methyl sites for hydroxylation is 1. The highest BCUT2D eigenvalue weighted by atomic mass is 32.1. The number of aromatic hydroxyl groups is 1. The van der Waals surface area contributed by atoms with Gasteiger partial charge in [-0.15, -0.1) is 16.9 Å². The van der Waals surface area contributed by atoms with Gasteiger partial charge in [0.15, 0.2) is 5.82 Å². The summed E-state index contributed by atoms with van der Waals surface area (Å²) in [6, 6.07) is 10.8. The van der Waals surface area contributed by atoms with Crippen LogP contribution in [0.2, 0.25) is 16.6 Å². The summed E-state index contributed by atoms with van der Waals surface area (Å²) in [7, 11) is -2.39. The minimum Gasteiger partial charge on any atom is -0.508 e. The van der Waals surface area contributed by atoms with Crippen molar-refractivity contribution in [2.75, 3.05) is 44.2 Å². The molecule has 3 N–H and O–H groups in total. The fraction of sp³-hybridized carbons (Fsp3) is 0.568. The highest BCUT2D eigenvalue weighted by molar-refractivity contribution is 7.13. The molecule has 514 valence electrons. The van der Waals surface area contributed by atoms with Crippen molar-refractivity contribution in [1.82, 2.24) is 44.9 Å². The van der Waals surface area contributed by atoms with Crippen LogP contribution in [0.1, 0.15) is 171 Å². The minimum atomic E-state index is -2.39. The number of likely N-dealkylation sites (tertiary alicyclic amines) is 3. The molecule has 8 atom stereocenters. The van der Waals surface area contributed by atoms with Gasteiger partial charge in [-0.2, -0.15) is 9.97 Å². The van der Waals surface area contributed by atoms with E-state index in [-0.39, 0.29) is 124 Å². The molecule has 2 bridgehead atoms. The van der Waals surface area contributed by atoms with E-state index in [9.17, 15) is 24.6 Å². The number of thiazole rings is 1. The first-order chi connectivity index (χ1) is 45.4. The van der Waals surface area contributed by atoms with Gasteiger partial charge in [-0.05, 0) is 149 Å². The molecule has 22 heteroatoms. The van der Waals surface area contributed by atoms with Crippen LogP contribution < -0.4 is 15.0 Å². The number of aromatic nitrogens is 4. The number of hydrogen-bond donors (Lipinski definition) is 3. The monoisotopic (exact) mass is 1350 g/mol. The Morgan fingerprint density at radius 3 is 2.22 bits per heavy atom. The smallest absolute Gasteiger partial charge is 0.410 e. The summed E-state index contributed by atoms with van der Waals surface area (Å²) in [4.78, 5) is 86.7. The molecule has 0 aliphatic carbocycles. The standard InChI is InChI=1S/C74H96F2N10O8SSi/c1-42(2)96(43(3)4,44(5)6)32-29-56-59(75)27-23-49-33-54(87)34-57(62(49)56)64-63(76)65-58(36-77-64)68(83-37-51-24-25-52(38-83)85(51)72(92)94-74(12,13)14)81-71(80-65)93-40-53-18-16-31-82(53)30-15-17-50-26-28-61(89)86(50)67(73(9,10)11)70(91)84-39-55(88)35-60(84)69(90)79-45(7)47-19-21-48(22-20-47)66-46(8)78-41-95-66/h19-23,27,33-34,36,41-45,50-53,55,60,67,87-88H,15-18,24-26,28,30-31,35,37-40H2,1-14H3,(H,79,90)/t45-,50-,51?,52?,53-,55+,60-,67+/m0/s1. The van der Waals surface area contributed by atoms with E-state index in [0.717, 1.165) is 53.9 Å². The summed E-state index contributed by atoms with van der Waals surface area (Å²) in [5, 5.41) is 26.6. The van der Waals surface area contributed by atoms with Crippen LogP contribution >= 0.6 is 11.3 Å². The number of fused-ring (bicyclic) bond motifs is 4. The molecule has 5 fully saturated rings. The van der Waals surface area contributed by atoms with E-state index in [1.165, 1.54) is 29.3 Å². The quantitative estimate of drug-likeness (QED) is 0.0541. The Hall–Kier alpha value is -7.32. The predicted octanol–water partition coefficient (Wildman–Crippen LogP) is 13.3. The Morgan fingerprint density at radius 2 is 1.57 bits per heavy atom. The number of aliphatic hydroxyl groups is 1. The van der Waals surface area contributed by atoms with Crippen molar-refractivity contribution in [2.45, 2.75) is 225 Å². The second kappa shape index (κ2) is 27.9. The summed E-state index contributed by atoms with van der Waals surface area (Å²) in [5.74, 6) is 1.34. The summed E-state index contributed by atoms with van der Waals surface area (Å²) in [6.45, 7) is 30.7. The molecule has 5 aliphatic heterocycles. The van der Waals surface area contributed by atoms with E-state index in [4.69, 9.17) is 24.4 Å². The summed E-state index contributed by atoms with van der Waals surface area (Å²) < 4.78 is 47.1. The number of halogens is 2. The van der Waals surface area contributed by atoms with Gasteiger partial charge in [0.2, 0.25) is 17.7 Å². The van der Waals surface area contributed by atoms with Gasteiger partial charge >= 0.3 is 12.1 Å². The average molecular weight is 1350 g/mol. The molecule has 18 nitrogen and oxygen atoms in total. The number of carbonyl (C=O) groups is 4. The number of nitrogens with zero attached hydrogens (tertiary/aromatic N) is 9. The number of aliphatic hydroxyl groups excluding tert-OH is 1. The topological polar surface area (TPSA) is 207 Å². The normalized spacial score (nSPS) is 21.7. The van der Waals surface area contributed by atoms with E-state index >= 15 is 13.6 Å². The number of nitrogens with one attached hydrogen (secondary N) is 1. The van der Waals surface area contributed by atoms with Crippen molar-refractivity contribution >= 4 is 70.7 Å². The molecule has 6 aromatic rings. The van der Waals surface area contributed by atoms with Crippen LogP contribution in [-0.4, -0.2) is 169 Å². The summed E-state index contributed by atoms with van der Waals surface area (Å²) in [6.07, 6.45) is 5.71. The molecule has 0 saturated carbocycles. The van der Waals surface area contributed by atoms with E-state index in [1.54, 1.807) is 22.3 Å². The number of pyridine rings is 1. The lowest BCUT2D eigenvalue weighted by Crippen LogP contribution is -2.59. The molecular formula is C74H96F2N10O8SSi. The molecule has 5 aliphatic rings. The van der Waals surface area contributed by atoms with E-state index in [0.29, 0.717) is 67.3 Å². The van der Waals surface area contributed by atoms with Gasteiger partial charge in [-0.25, -0.2) is 18.6 Å². The largest absolute Gasteiger partial charge is 0.508 e. The van der Waals surface area contributed by atoms with Crippen LogP contribution in [0.3, 0.4) is 0 Å². The number of benzene rings is 3. The number of rotatable bonds is 18. The molecular weight excluding hydrogens is 1260 g/mol. The Balaban J connectivity index is 0.833. The molecule has 5 saturated heterocycles. The van der Waals surface area contributed by atoms with Crippen LogP contribution in [0, 0.1) is 35.4 Å². The second-order valence-electron chi connectivity index (χ2n) is 30.4. The number of anilines is 1. The van der Waals surface area contributed by atoms with Crippen molar-refractivity contribution in [2.24, 2.45) is 5.41 Å². The van der Waals surface area contributed by atoms with E-state index in [1.807, 2.05) is 90.1 Å². The van der Waals surface area contributed by atoms with E-state index < -0.39 is 48.9 Å². The molecule has 0 spiro atoms. The zero-order valence-corrected chi connectivity index (χ0v) is 60.1. The molecule has 3 aromatic carbocycles. The SMILES string of the molecule is Cc1ncsc1-c1ccc([C@H](C)NC(=O)[C@@H]2C[C@@H](O)CN2C(=O)[C@@H](N2C(=O)CC[C@@H]2CCCN2CCC[C@H]2COc2nc(N3CC4CCC(C3)N4C(=O)OC(C)(C)C)c3cnc(-c4cc(O)cc5ccc(F)c(C#C[Si](C(C)C)(C(C)C)C(C)C)c45)c(F)c3n2)C(C)(C)C)cc1. The van der Waals surface area contributed by atoms with Gasteiger partial charge < -0.3 is 39.7 Å². The van der Waals surface area contributed by atoms with Crippen LogP contribution in [0.25, 0.3) is 43.4 Å². The van der Waals surface area contributed by atoms with Gasteiger partial charge in [-0.1, -0.05) is 98.6 Å². The van der Waals surface area contributed by atoms with E-state index in [2.05, 4.69) is 73.1 Å². The van der Waals surface area contributed by atoms with Gasteiger partial charge in [0.25, 0.3) is 0 Å². The number of piperazine rings is 1. The third kappa shape index (κ3) is 14.1. The lowest BCUT2D eigenvalue weighted by Gasteiger charge is -2.43. The fourth-order valence-corrected chi connectivity index (χ4v) is 22.3. The third-order valence-electron chi connectivity index (χ3n) is 20.8. The Labute approximate surface area is 568 Å². The molecule has 3 aromatic heterocycles. The minimum absolute atomic E-state index is 0.0221. The van der Waals surface area contributed by atoms with Crippen LogP contribution in [0.5, 0.6) is 11.8 Å². The molecule has 8 heterocycles. The van der Waals surface area contributed by atoms with Crippen LogP contribution in [0.15, 0.2) is 60.2 Å². The van der Waals surface area contributed by atoms with Gasteiger partial charge in [0.05, 0.1) is 51.3 Å². The van der Waals surface area contributed by atoms with Crippen molar-refractivity contribution in [3.05, 3.63) is 88.7 Å². The zero-order chi connectivity index (χ0) is 69.0. The van der Waals surface area contributed by atoms with Crippen LogP contribution in [0.4, 0.5) is 19.4 Å². The van der Waals surface area contributed by atoms with Crippen LogP contribution in [-0.2, 0) is 19.1 Å². The molecule has 4 amide bonds. The highest BCUT2D eigenvalue weighted by Crippen LogP contribution is 2.45. The maximum Gasteiger partial charge on any atom is 0.410 e. The Morgan fingerprint density at radius 1 is 0.875 bits per heavy atom. The number of ether oxygens (including phenoxy) is 2. The number of phenols is 1. The first-order valence-corrected chi connectivity index (χ1v) is 37.6. The molecule has 0 radical (unpaired) electrons. The first-order valence-electron chi connectivity index (χ1n) is 34.5. The van der Waals surface area contributed by atoms with Crippen molar-refractivity contribution in [1.29, 1.82) is 0 Å². The number of amides is 4. The van der Waals surface area contributed by atoms with Crippen molar-refractivity contribution in [3.63, 3.8) is 0 Å². The number of hydrogen-bond acceptors (Lipinski definition) is 15. The Bertz CT molecular complexity index is 3940. The number of phenolic OH excluding ortho intramolecular Hbond substituents is 1. The molecule has 11 rings (SSSR count). The van der Waals surface area contributed by atoms with Crippen molar-refractivity contribution < 1.29 is 47.6 Å². The third-order valence-corrected chi connectivity index (χ3v) is 28.1. The first kappa shape index (κ1) is 70.0. The zero-order valence-electron chi connectivity index (χ0n) is 58.3. The lowest BCUT2D eigenvalue weighted by molar-refractivity contribution is -0.152. The lowest BCUT2D eigenvalue weighted by atomic mass is 9.83. The average Bonchev–Trinajstić information content (AvgIpc) is 0.749. The van der Waals surface area contributed by atoms with Gasteiger partial charge in [0.1, 0.15) is 61.0 Å². The molecule has 96 heavy (non-hydrogen) atoms. The number of β-amino-alcohol motifs (C(OH)–C–C–N with tert-alkyl or cyclic N) is 1. The fourth-order valence-electron chi connectivity index (χ4n) is 16.3. The van der Waals surface area contributed by atoms with Gasteiger partial charge in [-0.3, -0.25) is 29.2 Å². The molecule has 2 unspecified atom stereocenters. The second-order valence-corrected chi connectivity index (χ2v) is 36.8. The summed E-state index contributed by atoms with van der Waals surface area (Å²) >= 11 is 1.57. The summed E-state index contributed by atoms with van der Waals surface area (Å²) in [5.41, 5.74) is 7.78. The number of carbonyl (C=O) groups excluding carboxylic acids is 4. The highest BCUT2D eigenvalue weighted by Gasteiger charge is 2.51. The Kier molecular flexibility index (Phi) is 20.3. The maximum atomic E-state index is 18.1. The van der Waals surface area contributed by atoms with Gasteiger partial charge in [0, 0.05) is 61.7 Å². The maximum absolute atomic E-state index is 18.1. The van der Waals surface area contributed by atoms with Crippen molar-refractivity contribution in [3.8, 4) is 44.9 Å². The predicted molar refractivity (Wildman–Crippen MR) is 374 cm³/mol.